The van der Waals surface area contributed by atoms with E-state index in [9.17, 15) is 4.79 Å². The van der Waals surface area contributed by atoms with Gasteiger partial charge in [0, 0.05) is 15.7 Å². The van der Waals surface area contributed by atoms with Crippen molar-refractivity contribution in [2.24, 2.45) is 17.8 Å². The van der Waals surface area contributed by atoms with E-state index in [1.165, 1.54) is 38.5 Å². The molecule has 112 valence electrons. The summed E-state index contributed by atoms with van der Waals surface area (Å²) in [7, 11) is 0. The number of anilines is 1. The van der Waals surface area contributed by atoms with Crippen LogP contribution in [0.2, 0.25) is 0 Å². The smallest absolute Gasteiger partial charge is 0.253 e. The fraction of sp³-hybridized carbons (Fsp3) is 0.588. The summed E-state index contributed by atoms with van der Waals surface area (Å²) < 4.78 is 0.909. The second kappa shape index (κ2) is 4.73. The van der Waals surface area contributed by atoms with E-state index in [1.54, 1.807) is 6.07 Å². The number of nitrogens with two attached hydrogens (primary N) is 1. The summed E-state index contributed by atoms with van der Waals surface area (Å²) in [6.07, 6.45) is 7.66. The number of rotatable bonds is 2. The highest BCUT2D eigenvalue weighted by Crippen LogP contribution is 2.55. The SMILES string of the molecule is Nc1cc(Br)ccc1C(=O)NC12CC3CC(CC(C3)C1)C2. The maximum Gasteiger partial charge on any atom is 0.253 e. The van der Waals surface area contributed by atoms with Crippen molar-refractivity contribution in [1.82, 2.24) is 5.32 Å². The third-order valence-electron chi connectivity index (χ3n) is 5.68. The van der Waals surface area contributed by atoms with Crippen LogP contribution in [0.4, 0.5) is 5.69 Å². The van der Waals surface area contributed by atoms with Crippen molar-refractivity contribution in [3.8, 4) is 0 Å². The minimum atomic E-state index is 0.00181. The first kappa shape index (κ1) is 13.6. The summed E-state index contributed by atoms with van der Waals surface area (Å²) in [6.45, 7) is 0. The van der Waals surface area contributed by atoms with Gasteiger partial charge in [0.1, 0.15) is 0 Å². The minimum absolute atomic E-state index is 0.00181. The van der Waals surface area contributed by atoms with Gasteiger partial charge in [0.25, 0.3) is 5.91 Å². The lowest BCUT2D eigenvalue weighted by atomic mass is 9.53. The zero-order valence-electron chi connectivity index (χ0n) is 12.1. The van der Waals surface area contributed by atoms with Crippen molar-refractivity contribution in [2.75, 3.05) is 5.73 Å². The predicted octanol–water partition coefficient (Wildman–Crippen LogP) is 3.73. The van der Waals surface area contributed by atoms with Gasteiger partial charge in [0.15, 0.2) is 0 Å². The van der Waals surface area contributed by atoms with Crippen molar-refractivity contribution in [1.29, 1.82) is 0 Å². The van der Waals surface area contributed by atoms with E-state index in [2.05, 4.69) is 21.2 Å². The first-order valence-corrected chi connectivity index (χ1v) is 8.70. The molecule has 4 saturated carbocycles. The van der Waals surface area contributed by atoms with Crippen molar-refractivity contribution >= 4 is 27.5 Å². The number of amides is 1. The van der Waals surface area contributed by atoms with Crippen LogP contribution in [0, 0.1) is 17.8 Å². The van der Waals surface area contributed by atoms with Crippen molar-refractivity contribution < 1.29 is 4.79 Å². The lowest BCUT2D eigenvalue weighted by molar-refractivity contribution is -0.0166. The minimum Gasteiger partial charge on any atom is -0.398 e. The van der Waals surface area contributed by atoms with Gasteiger partial charge in [0.2, 0.25) is 0 Å². The molecular formula is C17H21BrN2O. The van der Waals surface area contributed by atoms with E-state index in [1.807, 2.05) is 12.1 Å². The Morgan fingerprint density at radius 3 is 2.24 bits per heavy atom. The Hall–Kier alpha value is -1.03. The molecule has 4 bridgehead atoms. The number of benzene rings is 1. The largest absolute Gasteiger partial charge is 0.398 e. The van der Waals surface area contributed by atoms with Crippen LogP contribution in [-0.4, -0.2) is 11.4 Å². The number of carbonyl (C=O) groups excluding carboxylic acids is 1. The highest BCUT2D eigenvalue weighted by atomic mass is 79.9. The number of carbonyl (C=O) groups is 1. The number of nitrogens with one attached hydrogen (secondary N) is 1. The van der Waals surface area contributed by atoms with Gasteiger partial charge in [-0.05, 0) is 74.5 Å². The summed E-state index contributed by atoms with van der Waals surface area (Å²) >= 11 is 3.39. The molecule has 0 unspecified atom stereocenters. The Morgan fingerprint density at radius 2 is 1.71 bits per heavy atom. The molecule has 0 atom stereocenters. The van der Waals surface area contributed by atoms with Crippen molar-refractivity contribution in [3.63, 3.8) is 0 Å². The lowest BCUT2D eigenvalue weighted by Gasteiger charge is -2.56. The molecule has 3 N–H and O–H groups in total. The van der Waals surface area contributed by atoms with Gasteiger partial charge >= 0.3 is 0 Å². The maximum atomic E-state index is 12.7. The second-order valence-electron chi connectivity index (χ2n) is 7.38. The van der Waals surface area contributed by atoms with Crippen LogP contribution in [0.1, 0.15) is 48.9 Å². The molecule has 4 fully saturated rings. The molecule has 1 aromatic carbocycles. The second-order valence-corrected chi connectivity index (χ2v) is 8.30. The van der Waals surface area contributed by atoms with Crippen molar-refractivity contribution in [2.45, 2.75) is 44.1 Å². The Balaban J connectivity index is 1.57. The number of nitrogen functional groups attached to an aromatic ring is 1. The normalized spacial score (nSPS) is 36.7. The van der Waals surface area contributed by atoms with Gasteiger partial charge in [-0.2, -0.15) is 0 Å². The van der Waals surface area contributed by atoms with Gasteiger partial charge in [-0.15, -0.1) is 0 Å². The molecule has 0 spiro atoms. The predicted molar refractivity (Wildman–Crippen MR) is 86.9 cm³/mol. The molecule has 5 rings (SSSR count). The van der Waals surface area contributed by atoms with Crippen LogP contribution in [0.3, 0.4) is 0 Å². The molecule has 0 saturated heterocycles. The van der Waals surface area contributed by atoms with Gasteiger partial charge in [-0.3, -0.25) is 4.79 Å². The Labute approximate surface area is 133 Å². The fourth-order valence-corrected chi connectivity index (χ4v) is 5.69. The standard InChI is InChI=1S/C17H21BrN2O/c18-13-1-2-14(15(19)6-13)16(21)20-17-7-10-3-11(8-17)5-12(4-10)9-17/h1-2,6,10-12H,3-5,7-9,19H2,(H,20,21). The average molecular weight is 349 g/mol. The molecule has 3 nitrogen and oxygen atoms in total. The molecule has 4 aliphatic carbocycles. The summed E-state index contributed by atoms with van der Waals surface area (Å²) in [6, 6.07) is 5.49. The van der Waals surface area contributed by atoms with Crippen LogP contribution >= 0.6 is 15.9 Å². The quantitative estimate of drug-likeness (QED) is 0.800. The van der Waals surface area contributed by atoms with Gasteiger partial charge in [-0.25, -0.2) is 0 Å². The summed E-state index contributed by atoms with van der Waals surface area (Å²) in [5, 5.41) is 3.37. The van der Waals surface area contributed by atoms with E-state index in [-0.39, 0.29) is 11.4 Å². The molecule has 1 aromatic rings. The molecule has 0 heterocycles. The molecule has 21 heavy (non-hydrogen) atoms. The number of halogens is 1. The number of hydrogen-bond acceptors (Lipinski definition) is 2. The molecule has 0 aromatic heterocycles. The Kier molecular flexibility index (Phi) is 3.07. The zero-order chi connectivity index (χ0) is 14.6. The van der Waals surface area contributed by atoms with E-state index in [4.69, 9.17) is 5.73 Å². The van der Waals surface area contributed by atoms with E-state index < -0.39 is 0 Å². The summed E-state index contributed by atoms with van der Waals surface area (Å²) in [4.78, 5) is 12.7. The summed E-state index contributed by atoms with van der Waals surface area (Å²) in [5.41, 5.74) is 7.20. The van der Waals surface area contributed by atoms with Crippen LogP contribution in [0.15, 0.2) is 22.7 Å². The van der Waals surface area contributed by atoms with Gasteiger partial charge in [-0.1, -0.05) is 15.9 Å². The first-order valence-electron chi connectivity index (χ1n) is 7.90. The molecule has 4 heteroatoms. The highest BCUT2D eigenvalue weighted by molar-refractivity contribution is 9.10. The molecular weight excluding hydrogens is 328 g/mol. The lowest BCUT2D eigenvalue weighted by Crippen LogP contribution is -2.59. The van der Waals surface area contributed by atoms with Gasteiger partial charge < -0.3 is 11.1 Å². The van der Waals surface area contributed by atoms with Crippen LogP contribution < -0.4 is 11.1 Å². The molecule has 0 radical (unpaired) electrons. The van der Waals surface area contributed by atoms with Crippen LogP contribution in [-0.2, 0) is 0 Å². The Bertz CT molecular complexity index is 563. The third-order valence-corrected chi connectivity index (χ3v) is 6.17. The summed E-state index contributed by atoms with van der Waals surface area (Å²) in [5.74, 6) is 2.50. The first-order chi connectivity index (χ1) is 10.0. The molecule has 1 amide bonds. The van der Waals surface area contributed by atoms with Crippen LogP contribution in [0.5, 0.6) is 0 Å². The monoisotopic (exact) mass is 348 g/mol. The van der Waals surface area contributed by atoms with Crippen molar-refractivity contribution in [3.05, 3.63) is 28.2 Å². The van der Waals surface area contributed by atoms with E-state index in [0.717, 1.165) is 22.2 Å². The van der Waals surface area contributed by atoms with Gasteiger partial charge in [0.05, 0.1) is 5.56 Å². The van der Waals surface area contributed by atoms with Crippen LogP contribution in [0.25, 0.3) is 0 Å². The molecule has 0 aliphatic heterocycles. The van der Waals surface area contributed by atoms with E-state index >= 15 is 0 Å². The maximum absolute atomic E-state index is 12.7. The zero-order valence-corrected chi connectivity index (χ0v) is 13.7. The molecule has 4 aliphatic rings. The number of hydrogen-bond donors (Lipinski definition) is 2. The third kappa shape index (κ3) is 2.37. The highest BCUT2D eigenvalue weighted by Gasteiger charge is 2.51. The Morgan fingerprint density at radius 1 is 1.14 bits per heavy atom. The topological polar surface area (TPSA) is 55.1 Å². The average Bonchev–Trinajstić information content (AvgIpc) is 2.35. The fourth-order valence-electron chi connectivity index (χ4n) is 5.31. The van der Waals surface area contributed by atoms with E-state index in [0.29, 0.717) is 11.3 Å².